The minimum atomic E-state index is -4.65. The Bertz CT molecular complexity index is 1400. The van der Waals surface area contributed by atoms with Gasteiger partial charge in [-0.25, -0.2) is 8.42 Å². The van der Waals surface area contributed by atoms with E-state index in [9.17, 15) is 26.4 Å². The van der Waals surface area contributed by atoms with E-state index < -0.39 is 28.0 Å². The first-order valence-corrected chi connectivity index (χ1v) is 12.6. The van der Waals surface area contributed by atoms with Crippen LogP contribution in [-0.4, -0.2) is 42.7 Å². The van der Waals surface area contributed by atoms with Gasteiger partial charge in [0, 0.05) is 31.2 Å². The number of carbonyl (C=O) groups is 1. The maximum absolute atomic E-state index is 13.4. The highest BCUT2D eigenvalue weighted by Crippen LogP contribution is 2.33. The third kappa shape index (κ3) is 5.32. The topological polar surface area (TPSA) is 76.6 Å². The van der Waals surface area contributed by atoms with Crippen LogP contribution in [-0.2, 0) is 22.9 Å². The van der Waals surface area contributed by atoms with Gasteiger partial charge in [-0.1, -0.05) is 12.1 Å². The van der Waals surface area contributed by atoms with E-state index in [4.69, 9.17) is 4.74 Å². The van der Waals surface area contributed by atoms with E-state index in [2.05, 4.69) is 4.98 Å². The average molecular weight is 505 g/mol. The Morgan fingerprint density at radius 3 is 2.37 bits per heavy atom. The monoisotopic (exact) mass is 504 g/mol. The first-order chi connectivity index (χ1) is 16.3. The van der Waals surface area contributed by atoms with Crippen molar-refractivity contribution in [2.24, 2.45) is 0 Å². The van der Waals surface area contributed by atoms with E-state index in [0.29, 0.717) is 0 Å². The van der Waals surface area contributed by atoms with Crippen molar-refractivity contribution >= 4 is 15.7 Å². The van der Waals surface area contributed by atoms with E-state index in [-0.39, 0.29) is 29.3 Å². The van der Waals surface area contributed by atoms with E-state index in [1.54, 1.807) is 6.20 Å². The van der Waals surface area contributed by atoms with E-state index >= 15 is 0 Å². The van der Waals surface area contributed by atoms with Gasteiger partial charge in [0.1, 0.15) is 5.75 Å². The zero-order valence-electron chi connectivity index (χ0n) is 19.3. The molecule has 1 aliphatic rings. The molecule has 0 N–H and O–H groups in total. The Labute approximate surface area is 201 Å². The largest absolute Gasteiger partial charge is 0.480 e. The van der Waals surface area contributed by atoms with Crippen LogP contribution < -0.4 is 4.74 Å². The first kappa shape index (κ1) is 24.7. The predicted molar refractivity (Wildman–Crippen MR) is 124 cm³/mol. The molecule has 184 valence electrons. The molecule has 2 heterocycles. The third-order valence-electron chi connectivity index (χ3n) is 5.82. The summed E-state index contributed by atoms with van der Waals surface area (Å²) in [6.45, 7) is 3.18. The zero-order valence-corrected chi connectivity index (χ0v) is 20.1. The lowest BCUT2D eigenvalue weighted by atomic mass is 10.0. The van der Waals surface area contributed by atoms with Crippen molar-refractivity contribution in [3.8, 4) is 16.9 Å². The van der Waals surface area contributed by atoms with E-state index in [1.807, 2.05) is 37.3 Å². The zero-order chi connectivity index (χ0) is 25.5. The molecule has 2 aromatic carbocycles. The minimum Gasteiger partial charge on any atom is -0.480 e. The summed E-state index contributed by atoms with van der Waals surface area (Å²) in [6, 6.07) is 12.9. The smallest absolute Gasteiger partial charge is 0.425 e. The number of fused-ring (bicyclic) bond motifs is 1. The fraction of sp³-hybridized carbons (Fsp3) is 0.280. The predicted octanol–water partition coefficient (Wildman–Crippen LogP) is 4.95. The van der Waals surface area contributed by atoms with Gasteiger partial charge >= 0.3 is 6.18 Å². The maximum Gasteiger partial charge on any atom is 0.425 e. The molecular weight excluding hydrogens is 481 g/mol. The number of sulfone groups is 1. The third-order valence-corrected chi connectivity index (χ3v) is 6.93. The van der Waals surface area contributed by atoms with Gasteiger partial charge in [0.25, 0.3) is 5.91 Å². The number of benzene rings is 2. The fourth-order valence-corrected chi connectivity index (χ4v) is 4.53. The summed E-state index contributed by atoms with van der Waals surface area (Å²) in [5.41, 5.74) is 4.36. The standard InChI is InChI=1S/C25H23F3N2O4S/c1-15-10-18(8-9-29-15)17-4-5-19-13-30(14-20(19)11-17)24(31)22-12-21(35(3,32)33)6-7-23(22)34-16(2)25(26,27)28/h4-12,16H,13-14H2,1-3H3/t16-/m0/s1. The molecule has 0 spiro atoms. The number of hydrogen-bond donors (Lipinski definition) is 0. The van der Waals surface area contributed by atoms with Crippen molar-refractivity contribution in [1.82, 2.24) is 9.88 Å². The number of amides is 1. The lowest BCUT2D eigenvalue weighted by Crippen LogP contribution is -2.32. The highest BCUT2D eigenvalue weighted by atomic mass is 32.2. The summed E-state index contributed by atoms with van der Waals surface area (Å²) >= 11 is 0. The van der Waals surface area contributed by atoms with Crippen LogP contribution in [0.2, 0.25) is 0 Å². The second-order valence-electron chi connectivity index (χ2n) is 8.56. The van der Waals surface area contributed by atoms with Gasteiger partial charge in [0.15, 0.2) is 15.9 Å². The molecule has 0 fully saturated rings. The van der Waals surface area contributed by atoms with Gasteiger partial charge in [0.2, 0.25) is 0 Å². The number of ether oxygens (including phenoxy) is 1. The molecule has 3 aromatic rings. The summed E-state index contributed by atoms with van der Waals surface area (Å²) in [6.07, 6.45) is -4.16. The van der Waals surface area contributed by atoms with Gasteiger partial charge < -0.3 is 9.64 Å². The number of carbonyl (C=O) groups excluding carboxylic acids is 1. The highest BCUT2D eigenvalue weighted by molar-refractivity contribution is 7.90. The lowest BCUT2D eigenvalue weighted by molar-refractivity contribution is -0.189. The van der Waals surface area contributed by atoms with Crippen LogP contribution in [0, 0.1) is 6.92 Å². The minimum absolute atomic E-state index is 0.181. The number of pyridine rings is 1. The van der Waals surface area contributed by atoms with Crippen LogP contribution in [0.1, 0.15) is 34.1 Å². The molecule has 1 aliphatic heterocycles. The second-order valence-corrected chi connectivity index (χ2v) is 10.6. The molecule has 0 bridgehead atoms. The van der Waals surface area contributed by atoms with Gasteiger partial charge in [0.05, 0.1) is 10.5 Å². The Balaban J connectivity index is 1.65. The molecule has 1 atom stereocenters. The highest BCUT2D eigenvalue weighted by Gasteiger charge is 2.39. The molecule has 0 saturated carbocycles. The summed E-state index contributed by atoms with van der Waals surface area (Å²) in [4.78, 5) is 18.9. The van der Waals surface area contributed by atoms with Gasteiger partial charge in [-0.3, -0.25) is 9.78 Å². The SMILES string of the molecule is Cc1cc(-c2ccc3c(c2)CN(C(=O)c2cc(S(C)(=O)=O)ccc2O[C@@H](C)C(F)(F)F)C3)ccn1. The quantitative estimate of drug-likeness (QED) is 0.492. The summed E-state index contributed by atoms with van der Waals surface area (Å²) in [5, 5.41) is 0. The molecule has 1 aromatic heterocycles. The van der Waals surface area contributed by atoms with Crippen LogP contribution in [0.5, 0.6) is 5.75 Å². The molecule has 0 saturated heterocycles. The fourth-order valence-electron chi connectivity index (χ4n) is 3.88. The maximum atomic E-state index is 13.4. The van der Waals surface area contributed by atoms with E-state index in [0.717, 1.165) is 59.3 Å². The summed E-state index contributed by atoms with van der Waals surface area (Å²) < 4.78 is 68.4. The van der Waals surface area contributed by atoms with E-state index in [1.165, 1.54) is 4.90 Å². The molecule has 1 amide bonds. The van der Waals surface area contributed by atoms with Crippen molar-refractivity contribution in [3.63, 3.8) is 0 Å². The van der Waals surface area contributed by atoms with Gasteiger partial charge in [-0.05, 0) is 72.5 Å². The number of rotatable bonds is 5. The number of hydrogen-bond acceptors (Lipinski definition) is 5. The molecule has 0 aliphatic carbocycles. The van der Waals surface area contributed by atoms with Gasteiger partial charge in [-0.15, -0.1) is 0 Å². The van der Waals surface area contributed by atoms with Crippen molar-refractivity contribution < 1.29 is 31.1 Å². The van der Waals surface area contributed by atoms with Crippen LogP contribution >= 0.6 is 0 Å². The van der Waals surface area contributed by atoms with Crippen molar-refractivity contribution in [3.05, 3.63) is 77.1 Å². The number of halogens is 3. The molecule has 10 heteroatoms. The molecule has 6 nitrogen and oxygen atoms in total. The Morgan fingerprint density at radius 1 is 1.03 bits per heavy atom. The number of aryl methyl sites for hydroxylation is 1. The molecular formula is C25H23F3N2O4S. The lowest BCUT2D eigenvalue weighted by Gasteiger charge is -2.22. The molecule has 0 radical (unpaired) electrons. The Kier molecular flexibility index (Phi) is 6.35. The van der Waals surface area contributed by atoms with Crippen molar-refractivity contribution in [1.29, 1.82) is 0 Å². The normalized spacial score (nSPS) is 14.5. The molecule has 0 unspecified atom stereocenters. The number of nitrogens with zero attached hydrogens (tertiary/aromatic N) is 2. The summed E-state index contributed by atoms with van der Waals surface area (Å²) in [7, 11) is -3.70. The number of aromatic nitrogens is 1. The van der Waals surface area contributed by atoms with Crippen LogP contribution in [0.3, 0.4) is 0 Å². The molecule has 4 rings (SSSR count). The molecule has 35 heavy (non-hydrogen) atoms. The van der Waals surface area contributed by atoms with Crippen molar-refractivity contribution in [2.75, 3.05) is 6.26 Å². The van der Waals surface area contributed by atoms with Crippen molar-refractivity contribution in [2.45, 2.75) is 44.1 Å². The number of alkyl halides is 3. The van der Waals surface area contributed by atoms with Crippen LogP contribution in [0.15, 0.2) is 59.6 Å². The average Bonchev–Trinajstić information content (AvgIpc) is 3.21. The van der Waals surface area contributed by atoms with Crippen LogP contribution in [0.25, 0.3) is 11.1 Å². The Hall–Kier alpha value is -3.40. The Morgan fingerprint density at radius 2 is 1.71 bits per heavy atom. The first-order valence-electron chi connectivity index (χ1n) is 10.7. The second kappa shape index (κ2) is 8.99. The van der Waals surface area contributed by atoms with Gasteiger partial charge in [-0.2, -0.15) is 13.2 Å². The summed E-state index contributed by atoms with van der Waals surface area (Å²) in [5.74, 6) is -0.937. The van der Waals surface area contributed by atoms with Crippen LogP contribution in [0.4, 0.5) is 13.2 Å².